The number of methoxy groups -OCH3 is 1. The summed E-state index contributed by atoms with van der Waals surface area (Å²) in [5, 5.41) is 8.22. The van der Waals surface area contributed by atoms with Gasteiger partial charge in [-0.15, -0.1) is 23.1 Å². The Hall–Kier alpha value is -6.38. The molecule has 0 bridgehead atoms. The molecule has 12 nitrogen and oxygen atoms in total. The normalized spacial score (nSPS) is 13.0. The zero-order valence-electron chi connectivity index (χ0n) is 33.9. The summed E-state index contributed by atoms with van der Waals surface area (Å²) >= 11 is 2.48. The van der Waals surface area contributed by atoms with E-state index in [0.29, 0.717) is 57.6 Å². The summed E-state index contributed by atoms with van der Waals surface area (Å²) in [6.07, 6.45) is 1.49. The van der Waals surface area contributed by atoms with Gasteiger partial charge in [0.05, 0.1) is 25.8 Å². The highest BCUT2D eigenvalue weighted by atomic mass is 32.2. The van der Waals surface area contributed by atoms with E-state index in [1.54, 1.807) is 92.4 Å². The summed E-state index contributed by atoms with van der Waals surface area (Å²) in [7, 11) is 1.29. The van der Waals surface area contributed by atoms with Gasteiger partial charge in [-0.3, -0.25) is 14.4 Å². The van der Waals surface area contributed by atoms with Crippen molar-refractivity contribution in [3.63, 3.8) is 0 Å². The van der Waals surface area contributed by atoms with E-state index in [0.717, 1.165) is 10.4 Å². The van der Waals surface area contributed by atoms with Gasteiger partial charge in [-0.2, -0.15) is 0 Å². The third kappa shape index (κ3) is 11.0. The van der Waals surface area contributed by atoms with Crippen LogP contribution in [0.15, 0.2) is 120 Å². The molecule has 14 heteroatoms. The number of amides is 4. The van der Waals surface area contributed by atoms with Gasteiger partial charge in [0.15, 0.2) is 0 Å². The molecule has 4 amide bonds. The maximum atomic E-state index is 14.4. The number of thiophene rings is 1. The lowest BCUT2D eigenvalue weighted by molar-refractivity contribution is -0.116. The highest BCUT2D eigenvalue weighted by molar-refractivity contribution is 8.00. The second kappa shape index (κ2) is 19.6. The Morgan fingerprint density at radius 1 is 0.883 bits per heavy atom. The molecule has 0 saturated carbocycles. The lowest BCUT2D eigenvalue weighted by Gasteiger charge is -2.30. The minimum absolute atomic E-state index is 0.00938. The van der Waals surface area contributed by atoms with Gasteiger partial charge in [0.1, 0.15) is 27.3 Å². The first-order valence-corrected chi connectivity index (χ1v) is 21.0. The molecule has 0 radical (unpaired) electrons. The summed E-state index contributed by atoms with van der Waals surface area (Å²) in [5.74, 6) is -1.47. The fraction of sp³-hybridized carbons (Fsp3) is 0.239. The molecule has 4 aromatic carbocycles. The molecule has 1 atom stereocenters. The van der Waals surface area contributed by atoms with Crippen LogP contribution in [0, 0.1) is 0 Å². The van der Waals surface area contributed by atoms with E-state index < -0.39 is 40.6 Å². The van der Waals surface area contributed by atoms with E-state index in [-0.39, 0.29) is 17.8 Å². The number of hydrogen-bond donors (Lipinski definition) is 3. The number of esters is 1. The van der Waals surface area contributed by atoms with Gasteiger partial charge >= 0.3 is 12.1 Å². The van der Waals surface area contributed by atoms with Crippen LogP contribution in [-0.2, 0) is 32.0 Å². The van der Waals surface area contributed by atoms with Crippen molar-refractivity contribution < 1.29 is 38.2 Å². The number of nitrogens with zero attached hydrogens (tertiary/aromatic N) is 1. The standard InChI is InChI=1S/C46H46N4O8S2/c1-6-57-36-23-14-13-20-31(36)26-35(48-40(51)30-18-11-8-12-19-30)41(52)47-32-21-15-22-33(27-32)59-39(29-16-9-7-10-17-29)42(53)49-43-38(44(54)56-5)34-24-25-50(28-37(34)60-43)45(55)58-46(2,3)4/h7-23,26-27,39H,6,24-25,28H2,1-5H3,(H,47,52)(H,48,51)(H,49,53)/b35-26+. The predicted molar refractivity (Wildman–Crippen MR) is 234 cm³/mol. The van der Waals surface area contributed by atoms with Crippen molar-refractivity contribution in [2.24, 2.45) is 0 Å². The van der Waals surface area contributed by atoms with Crippen LogP contribution in [0.4, 0.5) is 15.5 Å². The van der Waals surface area contributed by atoms with Crippen LogP contribution < -0.4 is 20.7 Å². The zero-order chi connectivity index (χ0) is 42.8. The molecule has 0 saturated heterocycles. The smallest absolute Gasteiger partial charge is 0.410 e. The molecule has 5 aromatic rings. The third-order valence-electron chi connectivity index (χ3n) is 9.07. The Balaban J connectivity index is 1.25. The van der Waals surface area contributed by atoms with Crippen molar-refractivity contribution in [1.82, 2.24) is 10.2 Å². The van der Waals surface area contributed by atoms with Gasteiger partial charge in [-0.05, 0) is 87.7 Å². The Bertz CT molecular complexity index is 2390. The van der Waals surface area contributed by atoms with Gasteiger partial charge in [-0.25, -0.2) is 9.59 Å². The molecule has 60 heavy (non-hydrogen) atoms. The van der Waals surface area contributed by atoms with Crippen LogP contribution in [0.2, 0.25) is 0 Å². The Morgan fingerprint density at radius 3 is 2.28 bits per heavy atom. The molecule has 6 rings (SSSR count). The fourth-order valence-electron chi connectivity index (χ4n) is 6.34. The fourth-order valence-corrected chi connectivity index (χ4v) is 8.67. The minimum atomic E-state index is -0.796. The van der Waals surface area contributed by atoms with Gasteiger partial charge in [0.2, 0.25) is 5.91 Å². The number of rotatable bonds is 13. The number of fused-ring (bicyclic) bond motifs is 1. The number of ether oxygens (including phenoxy) is 3. The highest BCUT2D eigenvalue weighted by Crippen LogP contribution is 2.41. The minimum Gasteiger partial charge on any atom is -0.493 e. The maximum Gasteiger partial charge on any atom is 0.410 e. The van der Waals surface area contributed by atoms with Crippen molar-refractivity contribution in [1.29, 1.82) is 0 Å². The topological polar surface area (TPSA) is 152 Å². The lowest BCUT2D eigenvalue weighted by atomic mass is 10.0. The molecule has 1 aliphatic heterocycles. The number of hydrogen-bond acceptors (Lipinski definition) is 10. The van der Waals surface area contributed by atoms with Crippen LogP contribution in [0.25, 0.3) is 6.08 Å². The number of anilines is 2. The molecule has 1 unspecified atom stereocenters. The Morgan fingerprint density at radius 2 is 1.58 bits per heavy atom. The molecule has 0 aliphatic carbocycles. The average molecular weight is 847 g/mol. The Kier molecular flexibility index (Phi) is 14.1. The first-order chi connectivity index (χ1) is 28.8. The SMILES string of the molecule is CCOc1ccccc1/C=C(/NC(=O)c1ccccc1)C(=O)Nc1cccc(SC(C(=O)Nc2sc3c(c2C(=O)OC)CCN(C(=O)OC(C)(C)C)C3)c2ccccc2)c1. The third-order valence-corrected chi connectivity index (χ3v) is 11.4. The average Bonchev–Trinajstić information content (AvgIpc) is 3.60. The quantitative estimate of drug-likeness (QED) is 0.0599. The number of benzene rings is 4. The number of para-hydroxylation sites is 1. The summed E-state index contributed by atoms with van der Waals surface area (Å²) in [6, 6.07) is 32.0. The van der Waals surface area contributed by atoms with E-state index >= 15 is 0 Å². The first kappa shape index (κ1) is 43.2. The molecule has 1 aliphatic rings. The maximum absolute atomic E-state index is 14.4. The second-order valence-corrected chi connectivity index (χ2v) is 16.9. The monoisotopic (exact) mass is 846 g/mol. The number of carbonyl (C=O) groups is 5. The largest absolute Gasteiger partial charge is 0.493 e. The lowest BCUT2D eigenvalue weighted by Crippen LogP contribution is -2.39. The summed E-state index contributed by atoms with van der Waals surface area (Å²) < 4.78 is 16.5. The van der Waals surface area contributed by atoms with Crippen molar-refractivity contribution in [3.8, 4) is 5.75 Å². The second-order valence-electron chi connectivity index (χ2n) is 14.6. The van der Waals surface area contributed by atoms with Crippen molar-refractivity contribution >= 4 is 69.6 Å². The van der Waals surface area contributed by atoms with E-state index in [9.17, 15) is 24.0 Å². The van der Waals surface area contributed by atoms with Gasteiger partial charge in [0, 0.05) is 33.1 Å². The summed E-state index contributed by atoms with van der Waals surface area (Å²) in [4.78, 5) is 70.7. The van der Waals surface area contributed by atoms with Crippen LogP contribution in [-0.4, -0.2) is 60.5 Å². The molecule has 3 N–H and O–H groups in total. The van der Waals surface area contributed by atoms with Crippen LogP contribution >= 0.6 is 23.1 Å². The highest BCUT2D eigenvalue weighted by Gasteiger charge is 2.34. The molecule has 310 valence electrons. The van der Waals surface area contributed by atoms with Gasteiger partial charge in [0.25, 0.3) is 11.8 Å². The first-order valence-electron chi connectivity index (χ1n) is 19.3. The van der Waals surface area contributed by atoms with Crippen LogP contribution in [0.5, 0.6) is 5.75 Å². The van der Waals surface area contributed by atoms with Gasteiger partial charge < -0.3 is 35.1 Å². The molecule has 0 fully saturated rings. The van der Waals surface area contributed by atoms with Crippen molar-refractivity contribution in [2.45, 2.75) is 56.4 Å². The Labute approximate surface area is 357 Å². The molecular formula is C46H46N4O8S2. The number of nitrogens with one attached hydrogen (secondary N) is 3. The molecule has 1 aromatic heterocycles. The molecule has 2 heterocycles. The van der Waals surface area contributed by atoms with E-state index in [4.69, 9.17) is 14.2 Å². The zero-order valence-corrected chi connectivity index (χ0v) is 35.5. The summed E-state index contributed by atoms with van der Waals surface area (Å²) in [6.45, 7) is 8.23. The number of thioether (sulfide) groups is 1. The van der Waals surface area contributed by atoms with Gasteiger partial charge in [-0.1, -0.05) is 72.8 Å². The van der Waals surface area contributed by atoms with E-state index in [1.165, 1.54) is 30.2 Å². The van der Waals surface area contributed by atoms with E-state index in [1.807, 2.05) is 55.5 Å². The number of carbonyl (C=O) groups excluding carboxylic acids is 5. The summed E-state index contributed by atoms with van der Waals surface area (Å²) in [5.41, 5.74) is 2.41. The van der Waals surface area contributed by atoms with Crippen LogP contribution in [0.1, 0.15) is 75.2 Å². The molecule has 0 spiro atoms. The van der Waals surface area contributed by atoms with Crippen molar-refractivity contribution in [3.05, 3.63) is 148 Å². The van der Waals surface area contributed by atoms with Crippen LogP contribution in [0.3, 0.4) is 0 Å². The van der Waals surface area contributed by atoms with E-state index in [2.05, 4.69) is 16.0 Å². The molecular weight excluding hydrogens is 801 g/mol. The predicted octanol–water partition coefficient (Wildman–Crippen LogP) is 9.11. The van der Waals surface area contributed by atoms with Crippen molar-refractivity contribution in [2.75, 3.05) is 30.9 Å².